The van der Waals surface area contributed by atoms with Crippen LogP contribution in [-0.2, 0) is 9.59 Å². The van der Waals surface area contributed by atoms with Gasteiger partial charge in [-0.25, -0.2) is 5.01 Å². The zero-order chi connectivity index (χ0) is 26.8. The number of hydrogen-bond donors (Lipinski definition) is 1. The van der Waals surface area contributed by atoms with Crippen molar-refractivity contribution in [2.75, 3.05) is 12.4 Å². The average molecular weight is 547 g/mol. The van der Waals surface area contributed by atoms with Crippen LogP contribution in [0, 0.1) is 13.8 Å². The molecular formula is C29H27ClN4O3S. The largest absolute Gasteiger partial charge is 0.497 e. The van der Waals surface area contributed by atoms with E-state index >= 15 is 0 Å². The molecule has 0 saturated heterocycles. The minimum Gasteiger partial charge on any atom is -0.497 e. The number of anilines is 1. The van der Waals surface area contributed by atoms with Gasteiger partial charge < -0.3 is 10.1 Å². The van der Waals surface area contributed by atoms with Gasteiger partial charge in [0.15, 0.2) is 5.17 Å². The molecule has 0 fully saturated rings. The molecule has 0 aliphatic carbocycles. The molecule has 7 nitrogen and oxygen atoms in total. The number of methoxy groups -OCH3 is 1. The zero-order valence-corrected chi connectivity index (χ0v) is 22.8. The summed E-state index contributed by atoms with van der Waals surface area (Å²) >= 11 is 7.37. The highest BCUT2D eigenvalue weighted by Gasteiger charge is 2.39. The smallest absolute Gasteiger partial charge is 0.262 e. The van der Waals surface area contributed by atoms with Gasteiger partial charge >= 0.3 is 0 Å². The Kier molecular flexibility index (Phi) is 7.53. The third-order valence-electron chi connectivity index (χ3n) is 6.39. The van der Waals surface area contributed by atoms with Crippen molar-refractivity contribution in [3.05, 3.63) is 94.0 Å². The number of aryl methyl sites for hydroxylation is 2. The lowest BCUT2D eigenvalue weighted by atomic mass is 9.98. The van der Waals surface area contributed by atoms with Gasteiger partial charge in [0, 0.05) is 23.6 Å². The molecule has 2 aliphatic heterocycles. The summed E-state index contributed by atoms with van der Waals surface area (Å²) in [5.41, 5.74) is 5.69. The van der Waals surface area contributed by atoms with Crippen LogP contribution < -0.4 is 10.1 Å². The third kappa shape index (κ3) is 5.76. The fourth-order valence-electron chi connectivity index (χ4n) is 4.62. The number of amides is 2. The topological polar surface area (TPSA) is 83.4 Å². The second-order valence-corrected chi connectivity index (χ2v) is 11.0. The van der Waals surface area contributed by atoms with Crippen molar-refractivity contribution in [2.45, 2.75) is 38.0 Å². The normalized spacial score (nSPS) is 18.8. The van der Waals surface area contributed by atoms with Gasteiger partial charge in [0.25, 0.3) is 5.91 Å². The number of benzene rings is 3. The van der Waals surface area contributed by atoms with E-state index in [0.29, 0.717) is 16.6 Å². The summed E-state index contributed by atoms with van der Waals surface area (Å²) in [6.45, 7) is 3.96. The molecule has 1 N–H and O–H groups in total. The fraction of sp³-hybridized carbons (Fsp3) is 0.241. The predicted molar refractivity (Wildman–Crippen MR) is 153 cm³/mol. The molecule has 3 aromatic carbocycles. The Labute approximate surface area is 230 Å². The van der Waals surface area contributed by atoms with Crippen LogP contribution in [0.1, 0.15) is 41.1 Å². The number of carbonyl (C=O) groups excluding carboxylic acids is 2. The first-order chi connectivity index (χ1) is 18.3. The molecule has 3 aromatic rings. The first-order valence-corrected chi connectivity index (χ1v) is 13.5. The van der Waals surface area contributed by atoms with Gasteiger partial charge in [-0.3, -0.25) is 9.59 Å². The summed E-state index contributed by atoms with van der Waals surface area (Å²) in [6.07, 6.45) is 0.651. The molecule has 0 radical (unpaired) electrons. The van der Waals surface area contributed by atoms with Crippen LogP contribution in [0.25, 0.3) is 0 Å². The quantitative estimate of drug-likeness (QED) is 0.401. The van der Waals surface area contributed by atoms with Crippen molar-refractivity contribution < 1.29 is 14.3 Å². The molecule has 9 heteroatoms. The van der Waals surface area contributed by atoms with Crippen LogP contribution in [0.4, 0.5) is 5.69 Å². The van der Waals surface area contributed by atoms with Crippen LogP contribution in [0.2, 0.25) is 5.02 Å². The highest BCUT2D eigenvalue weighted by Crippen LogP contribution is 2.39. The van der Waals surface area contributed by atoms with Gasteiger partial charge in [0.1, 0.15) is 11.0 Å². The number of nitrogens with one attached hydrogen (secondary N) is 1. The second kappa shape index (κ2) is 11.0. The van der Waals surface area contributed by atoms with E-state index in [-0.39, 0.29) is 24.3 Å². The Morgan fingerprint density at radius 2 is 1.76 bits per heavy atom. The molecule has 2 heterocycles. The Hall–Kier alpha value is -3.62. The first-order valence-electron chi connectivity index (χ1n) is 12.2. The number of halogens is 1. The van der Waals surface area contributed by atoms with Gasteiger partial charge in [0.05, 0.1) is 18.9 Å². The lowest BCUT2D eigenvalue weighted by Crippen LogP contribution is -2.25. The van der Waals surface area contributed by atoms with E-state index in [2.05, 4.69) is 10.3 Å². The van der Waals surface area contributed by atoms with E-state index in [9.17, 15) is 9.59 Å². The highest BCUT2D eigenvalue weighted by molar-refractivity contribution is 8.15. The van der Waals surface area contributed by atoms with Crippen LogP contribution in [0.15, 0.2) is 76.8 Å². The minimum absolute atomic E-state index is 0.0261. The standard InChI is InChI=1S/C29H27ClN4O3S/c1-17-12-18(2)14-22(13-17)31-27(35)16-26-28(36)32-29(38-26)34-25(20-6-10-23(37-3)11-7-20)15-24(33-34)19-4-8-21(30)9-5-19/h4-14,25-26H,15-16H2,1-3H3,(H,31,35)/t25-,26+/m0/s1. The number of hydrazone groups is 1. The molecule has 5 rings (SSSR count). The maximum absolute atomic E-state index is 12.9. The molecule has 2 aliphatic rings. The summed E-state index contributed by atoms with van der Waals surface area (Å²) < 4.78 is 5.32. The number of aliphatic imine (C=N–C) groups is 1. The van der Waals surface area contributed by atoms with Crippen molar-refractivity contribution in [1.82, 2.24) is 5.01 Å². The average Bonchev–Trinajstić information content (AvgIpc) is 3.48. The molecule has 0 bridgehead atoms. The number of hydrogen-bond acceptors (Lipinski definition) is 6. The number of rotatable bonds is 6. The van der Waals surface area contributed by atoms with E-state index in [0.717, 1.165) is 39.4 Å². The SMILES string of the molecule is COc1ccc([C@@H]2CC(c3ccc(Cl)cc3)=NN2C2=NC(=O)[C@@H](CC(=O)Nc3cc(C)cc(C)c3)S2)cc1. The van der Waals surface area contributed by atoms with Crippen molar-refractivity contribution >= 4 is 51.7 Å². The molecule has 0 aromatic heterocycles. The Morgan fingerprint density at radius 3 is 2.42 bits per heavy atom. The monoisotopic (exact) mass is 546 g/mol. The number of nitrogens with zero attached hydrogens (tertiary/aromatic N) is 3. The van der Waals surface area contributed by atoms with Crippen LogP contribution in [0.5, 0.6) is 5.75 Å². The van der Waals surface area contributed by atoms with E-state index in [4.69, 9.17) is 21.4 Å². The fourth-order valence-corrected chi connectivity index (χ4v) is 5.81. The summed E-state index contributed by atoms with van der Waals surface area (Å²) in [4.78, 5) is 30.0. The van der Waals surface area contributed by atoms with Crippen molar-refractivity contribution in [3.63, 3.8) is 0 Å². The molecule has 0 saturated carbocycles. The summed E-state index contributed by atoms with van der Waals surface area (Å²) in [7, 11) is 1.63. The van der Waals surface area contributed by atoms with Crippen LogP contribution in [-0.4, -0.2) is 40.1 Å². The Bertz CT molecular complexity index is 1420. The molecule has 38 heavy (non-hydrogen) atoms. The van der Waals surface area contributed by atoms with Crippen molar-refractivity contribution in [2.24, 2.45) is 10.1 Å². The number of ether oxygens (including phenoxy) is 1. The molecule has 2 amide bonds. The molecule has 194 valence electrons. The van der Waals surface area contributed by atoms with Crippen molar-refractivity contribution in [1.29, 1.82) is 0 Å². The third-order valence-corrected chi connectivity index (χ3v) is 7.78. The molecule has 2 atom stereocenters. The maximum Gasteiger partial charge on any atom is 0.262 e. The molecule has 0 unspecified atom stereocenters. The number of thioether (sulfide) groups is 1. The van der Waals surface area contributed by atoms with Gasteiger partial charge in [-0.2, -0.15) is 10.1 Å². The Morgan fingerprint density at radius 1 is 1.08 bits per heavy atom. The van der Waals surface area contributed by atoms with Crippen molar-refractivity contribution in [3.8, 4) is 5.75 Å². The Balaban J connectivity index is 1.35. The van der Waals surface area contributed by atoms with E-state index in [1.807, 2.05) is 80.6 Å². The van der Waals surface area contributed by atoms with Gasteiger partial charge in [-0.15, -0.1) is 0 Å². The first kappa shape index (κ1) is 26.0. The summed E-state index contributed by atoms with van der Waals surface area (Å²) in [5, 5.41) is 10.1. The van der Waals surface area contributed by atoms with Gasteiger partial charge in [-0.05, 0) is 72.5 Å². The number of carbonyl (C=O) groups is 2. The van der Waals surface area contributed by atoms with Gasteiger partial charge in [-0.1, -0.05) is 53.7 Å². The predicted octanol–water partition coefficient (Wildman–Crippen LogP) is 6.14. The lowest BCUT2D eigenvalue weighted by Gasteiger charge is -2.23. The van der Waals surface area contributed by atoms with Crippen LogP contribution in [0.3, 0.4) is 0 Å². The van der Waals surface area contributed by atoms with Gasteiger partial charge in [0.2, 0.25) is 5.91 Å². The van der Waals surface area contributed by atoms with E-state index in [1.54, 1.807) is 12.1 Å². The zero-order valence-electron chi connectivity index (χ0n) is 21.3. The summed E-state index contributed by atoms with van der Waals surface area (Å²) in [5.74, 6) is 0.203. The molecule has 0 spiro atoms. The van der Waals surface area contributed by atoms with E-state index in [1.165, 1.54) is 11.8 Å². The van der Waals surface area contributed by atoms with E-state index < -0.39 is 5.25 Å². The maximum atomic E-state index is 12.9. The lowest BCUT2D eigenvalue weighted by molar-refractivity contribution is -0.121. The highest BCUT2D eigenvalue weighted by atomic mass is 35.5. The summed E-state index contributed by atoms with van der Waals surface area (Å²) in [6, 6.07) is 21.0. The van der Waals surface area contributed by atoms with Crippen LogP contribution >= 0.6 is 23.4 Å². The number of amidine groups is 1. The second-order valence-electron chi connectivity index (χ2n) is 9.36. The molecular weight excluding hydrogens is 520 g/mol. The minimum atomic E-state index is -0.609.